The van der Waals surface area contributed by atoms with E-state index in [0.29, 0.717) is 11.6 Å². The lowest BCUT2D eigenvalue weighted by atomic mass is 10.0. The predicted molar refractivity (Wildman–Crippen MR) is 70.5 cm³/mol. The number of hydrogen-bond acceptors (Lipinski definition) is 4. The molecular formula is C12H22N4O. The van der Waals surface area contributed by atoms with Crippen molar-refractivity contribution in [2.24, 2.45) is 0 Å². The fourth-order valence-corrected chi connectivity index (χ4v) is 1.23. The van der Waals surface area contributed by atoms with E-state index in [2.05, 4.69) is 34.0 Å². The van der Waals surface area contributed by atoms with E-state index in [-0.39, 0.29) is 11.1 Å². The van der Waals surface area contributed by atoms with Crippen molar-refractivity contribution in [1.82, 2.24) is 14.9 Å². The van der Waals surface area contributed by atoms with Gasteiger partial charge in [0, 0.05) is 24.6 Å². The zero-order valence-corrected chi connectivity index (χ0v) is 11.3. The second-order valence-corrected chi connectivity index (χ2v) is 4.99. The minimum Gasteiger partial charge on any atom is -0.368 e. The number of aromatic amines is 1. The van der Waals surface area contributed by atoms with Crippen LogP contribution in [0.15, 0.2) is 10.9 Å². The first kappa shape index (κ1) is 13.7. The summed E-state index contributed by atoms with van der Waals surface area (Å²) in [5.74, 6) is 1.35. The van der Waals surface area contributed by atoms with E-state index in [1.165, 1.54) is 6.07 Å². The second-order valence-electron chi connectivity index (χ2n) is 4.99. The summed E-state index contributed by atoms with van der Waals surface area (Å²) in [6, 6.07) is 1.49. The maximum atomic E-state index is 11.4. The predicted octanol–water partition coefficient (Wildman–Crippen LogP) is 1.08. The lowest BCUT2D eigenvalue weighted by Gasteiger charge is -2.32. The maximum Gasteiger partial charge on any atom is 0.252 e. The summed E-state index contributed by atoms with van der Waals surface area (Å²) in [7, 11) is 4.06. The van der Waals surface area contributed by atoms with Gasteiger partial charge in [0.15, 0.2) is 0 Å². The molecule has 0 saturated carbocycles. The van der Waals surface area contributed by atoms with E-state index in [1.807, 2.05) is 21.0 Å². The molecule has 0 radical (unpaired) electrons. The van der Waals surface area contributed by atoms with Gasteiger partial charge in [-0.25, -0.2) is 4.98 Å². The lowest BCUT2D eigenvalue weighted by molar-refractivity contribution is 0.210. The largest absolute Gasteiger partial charge is 0.368 e. The summed E-state index contributed by atoms with van der Waals surface area (Å²) in [4.78, 5) is 20.5. The Labute approximate surface area is 102 Å². The maximum absolute atomic E-state index is 11.4. The number of nitrogens with one attached hydrogen (secondary N) is 2. The van der Waals surface area contributed by atoms with Gasteiger partial charge in [0.25, 0.3) is 5.56 Å². The van der Waals surface area contributed by atoms with Gasteiger partial charge in [0.1, 0.15) is 11.6 Å². The molecule has 0 fully saturated rings. The molecule has 1 heterocycles. The normalized spacial score (nSPS) is 11.9. The summed E-state index contributed by atoms with van der Waals surface area (Å²) in [6.07, 6.45) is 0.724. The number of anilines is 1. The molecular weight excluding hydrogens is 216 g/mol. The average Bonchev–Trinajstić information content (AvgIpc) is 2.25. The number of nitrogens with zero attached hydrogens (tertiary/aromatic N) is 2. The second kappa shape index (κ2) is 5.31. The van der Waals surface area contributed by atoms with Crippen LogP contribution in [0.4, 0.5) is 5.82 Å². The smallest absolute Gasteiger partial charge is 0.252 e. The van der Waals surface area contributed by atoms with Crippen molar-refractivity contribution in [3.63, 3.8) is 0 Å². The molecule has 17 heavy (non-hydrogen) atoms. The highest BCUT2D eigenvalue weighted by Crippen LogP contribution is 2.11. The molecule has 0 aliphatic carbocycles. The molecule has 0 atom stereocenters. The third-order valence-electron chi connectivity index (χ3n) is 3.04. The van der Waals surface area contributed by atoms with Gasteiger partial charge in [0.05, 0.1) is 0 Å². The van der Waals surface area contributed by atoms with Crippen molar-refractivity contribution in [3.8, 4) is 0 Å². The Kier molecular flexibility index (Phi) is 4.28. The zero-order chi connectivity index (χ0) is 13.1. The third kappa shape index (κ3) is 3.85. The Bertz CT molecular complexity index is 423. The Morgan fingerprint density at radius 2 is 2.12 bits per heavy atom. The lowest BCUT2D eigenvalue weighted by Crippen LogP contribution is -2.44. The number of aryl methyl sites for hydroxylation is 1. The van der Waals surface area contributed by atoms with Crippen LogP contribution in [0.1, 0.15) is 26.6 Å². The van der Waals surface area contributed by atoms with Crippen LogP contribution >= 0.6 is 0 Å². The highest BCUT2D eigenvalue weighted by Gasteiger charge is 2.20. The molecule has 1 aromatic rings. The van der Waals surface area contributed by atoms with E-state index in [9.17, 15) is 4.79 Å². The number of likely N-dealkylation sites (N-methyl/N-ethyl adjacent to an activating group) is 1. The molecule has 0 bridgehead atoms. The summed E-state index contributed by atoms with van der Waals surface area (Å²) >= 11 is 0. The molecule has 5 nitrogen and oxygen atoms in total. The molecule has 1 aromatic heterocycles. The molecule has 0 saturated heterocycles. The monoisotopic (exact) mass is 238 g/mol. The van der Waals surface area contributed by atoms with Crippen LogP contribution < -0.4 is 10.9 Å². The number of hydrogen-bond donors (Lipinski definition) is 2. The first-order valence-corrected chi connectivity index (χ1v) is 5.86. The van der Waals surface area contributed by atoms with Crippen LogP contribution in [0.2, 0.25) is 0 Å². The molecule has 0 spiro atoms. The van der Waals surface area contributed by atoms with E-state index >= 15 is 0 Å². The van der Waals surface area contributed by atoms with Gasteiger partial charge >= 0.3 is 0 Å². The molecule has 0 aliphatic rings. The standard InChI is InChI=1S/C12H22N4O/c1-6-9-14-10(7-11(17)15-9)13-8-12(2,3)16(4)5/h7H,6,8H2,1-5H3,(H2,13,14,15,17). The van der Waals surface area contributed by atoms with Crippen molar-refractivity contribution in [3.05, 3.63) is 22.2 Å². The van der Waals surface area contributed by atoms with E-state index in [1.54, 1.807) is 0 Å². The number of aromatic nitrogens is 2. The Hall–Kier alpha value is -1.36. The highest BCUT2D eigenvalue weighted by atomic mass is 16.1. The van der Waals surface area contributed by atoms with E-state index in [4.69, 9.17) is 0 Å². The van der Waals surface area contributed by atoms with Gasteiger partial charge in [-0.3, -0.25) is 4.79 Å². The first-order valence-electron chi connectivity index (χ1n) is 5.86. The zero-order valence-electron chi connectivity index (χ0n) is 11.3. The number of H-pyrrole nitrogens is 1. The molecule has 0 unspecified atom stereocenters. The fraction of sp³-hybridized carbons (Fsp3) is 0.667. The van der Waals surface area contributed by atoms with Crippen molar-refractivity contribution in [1.29, 1.82) is 0 Å². The molecule has 0 aromatic carbocycles. The van der Waals surface area contributed by atoms with Gasteiger partial charge in [0.2, 0.25) is 0 Å². The molecule has 1 rings (SSSR count). The van der Waals surface area contributed by atoms with Crippen LogP contribution in [0, 0.1) is 0 Å². The minimum atomic E-state index is -0.109. The number of rotatable bonds is 5. The molecule has 96 valence electrons. The van der Waals surface area contributed by atoms with Gasteiger partial charge in [-0.05, 0) is 27.9 Å². The van der Waals surface area contributed by atoms with Crippen molar-refractivity contribution >= 4 is 5.82 Å². The summed E-state index contributed by atoms with van der Waals surface area (Å²) in [5, 5.41) is 3.21. The summed E-state index contributed by atoms with van der Waals surface area (Å²) < 4.78 is 0. The highest BCUT2D eigenvalue weighted by molar-refractivity contribution is 5.33. The Morgan fingerprint density at radius 1 is 1.47 bits per heavy atom. The Balaban J connectivity index is 2.76. The van der Waals surface area contributed by atoms with Gasteiger partial charge in [-0.15, -0.1) is 0 Å². The molecule has 0 aliphatic heterocycles. The van der Waals surface area contributed by atoms with Crippen LogP contribution in [0.5, 0.6) is 0 Å². The SMILES string of the molecule is CCc1nc(NCC(C)(C)N(C)C)cc(=O)[nH]1. The quantitative estimate of drug-likeness (QED) is 0.806. The Morgan fingerprint density at radius 3 is 2.65 bits per heavy atom. The van der Waals surface area contributed by atoms with Crippen LogP contribution in [0.25, 0.3) is 0 Å². The molecule has 5 heteroatoms. The fourth-order valence-electron chi connectivity index (χ4n) is 1.23. The van der Waals surface area contributed by atoms with Gasteiger partial charge in [-0.2, -0.15) is 0 Å². The third-order valence-corrected chi connectivity index (χ3v) is 3.04. The van der Waals surface area contributed by atoms with Gasteiger partial charge in [-0.1, -0.05) is 6.92 Å². The van der Waals surface area contributed by atoms with Crippen molar-refractivity contribution in [2.75, 3.05) is 26.0 Å². The van der Waals surface area contributed by atoms with E-state index < -0.39 is 0 Å². The van der Waals surface area contributed by atoms with Crippen LogP contribution in [0.3, 0.4) is 0 Å². The van der Waals surface area contributed by atoms with E-state index in [0.717, 1.165) is 13.0 Å². The summed E-state index contributed by atoms with van der Waals surface area (Å²) in [6.45, 7) is 6.97. The first-order chi connectivity index (χ1) is 7.85. The van der Waals surface area contributed by atoms with Crippen LogP contribution in [-0.2, 0) is 6.42 Å². The molecule has 2 N–H and O–H groups in total. The summed E-state index contributed by atoms with van der Waals surface area (Å²) in [5.41, 5.74) is -0.0987. The van der Waals surface area contributed by atoms with Gasteiger partial charge < -0.3 is 15.2 Å². The van der Waals surface area contributed by atoms with Crippen molar-refractivity contribution in [2.45, 2.75) is 32.7 Å². The minimum absolute atomic E-state index is 0.0106. The topological polar surface area (TPSA) is 61.0 Å². The molecule has 0 amide bonds. The van der Waals surface area contributed by atoms with Crippen LogP contribution in [-0.4, -0.2) is 41.0 Å². The van der Waals surface area contributed by atoms with Crippen molar-refractivity contribution < 1.29 is 0 Å². The average molecular weight is 238 g/mol.